The van der Waals surface area contributed by atoms with Gasteiger partial charge in [-0.3, -0.25) is 0 Å². The monoisotopic (exact) mass is 384 g/mol. The van der Waals surface area contributed by atoms with Crippen molar-refractivity contribution >= 4 is 15.9 Å². The molecule has 0 spiro atoms. The Balaban J connectivity index is 2.46. The van der Waals surface area contributed by atoms with Crippen molar-refractivity contribution in [3.8, 4) is 5.75 Å². The van der Waals surface area contributed by atoms with Gasteiger partial charge in [0.2, 0.25) is 0 Å². The lowest BCUT2D eigenvalue weighted by Crippen LogP contribution is -2.28. The lowest BCUT2D eigenvalue weighted by molar-refractivity contribution is 0.280. The number of ether oxygens (including phenoxy) is 1. The highest BCUT2D eigenvalue weighted by atomic mass is 79.9. The second-order valence-electron chi connectivity index (χ2n) is 5.82. The van der Waals surface area contributed by atoms with Crippen molar-refractivity contribution < 1.29 is 4.74 Å². The number of rotatable bonds is 10. The normalized spacial score (nSPS) is 11.8. The lowest BCUT2D eigenvalue weighted by Gasteiger charge is -2.15. The predicted octanol–water partition coefficient (Wildman–Crippen LogP) is 2.71. The summed E-state index contributed by atoms with van der Waals surface area (Å²) >= 11 is 3.57. The van der Waals surface area contributed by atoms with E-state index in [9.17, 15) is 0 Å². The third-order valence-corrected chi connectivity index (χ3v) is 4.02. The third-order valence-electron chi connectivity index (χ3n) is 3.40. The van der Waals surface area contributed by atoms with Crippen LogP contribution in [0.2, 0.25) is 0 Å². The maximum Gasteiger partial charge on any atom is 0.133 e. The molecular formula is C17H29BrN4O. The molecule has 0 saturated carbocycles. The summed E-state index contributed by atoms with van der Waals surface area (Å²) < 4.78 is 6.78. The van der Waals surface area contributed by atoms with E-state index in [1.807, 2.05) is 13.0 Å². The molecule has 0 bridgehead atoms. The van der Waals surface area contributed by atoms with Crippen molar-refractivity contribution in [2.45, 2.75) is 26.2 Å². The number of halogens is 1. The summed E-state index contributed by atoms with van der Waals surface area (Å²) in [5.41, 5.74) is 7.77. The second-order valence-corrected chi connectivity index (χ2v) is 6.67. The van der Waals surface area contributed by atoms with Crippen LogP contribution in [-0.4, -0.2) is 43.7 Å². The molecule has 0 heterocycles. The van der Waals surface area contributed by atoms with Gasteiger partial charge in [0.25, 0.3) is 0 Å². The standard InChI is InChI=1S/C17H29BrN4O/c1-4-15(19)13-22(20)10-8-14-6-7-17(16(18)12-14)23-11-5-9-21(2)3/h6-7,12-13H,4-5,8-11,19-20H2,1-3H3/b15-13-. The molecule has 23 heavy (non-hydrogen) atoms. The minimum absolute atomic E-state index is 0.716. The van der Waals surface area contributed by atoms with E-state index in [2.05, 4.69) is 47.1 Å². The Morgan fingerprint density at radius 1 is 1.30 bits per heavy atom. The van der Waals surface area contributed by atoms with Crippen LogP contribution in [-0.2, 0) is 6.42 Å². The summed E-state index contributed by atoms with van der Waals surface area (Å²) in [6.07, 6.45) is 4.45. The molecule has 1 rings (SSSR count). The predicted molar refractivity (Wildman–Crippen MR) is 100.0 cm³/mol. The summed E-state index contributed by atoms with van der Waals surface area (Å²) in [6.45, 7) is 4.47. The van der Waals surface area contributed by atoms with Crippen LogP contribution in [0.3, 0.4) is 0 Å². The number of hydrazine groups is 1. The molecule has 6 heteroatoms. The number of benzene rings is 1. The summed E-state index contributed by atoms with van der Waals surface area (Å²) in [5, 5.41) is 1.64. The summed E-state index contributed by atoms with van der Waals surface area (Å²) in [7, 11) is 4.13. The van der Waals surface area contributed by atoms with Gasteiger partial charge in [0, 0.05) is 25.0 Å². The summed E-state index contributed by atoms with van der Waals surface area (Å²) in [5.74, 6) is 6.79. The van der Waals surface area contributed by atoms with E-state index in [1.165, 1.54) is 5.56 Å². The van der Waals surface area contributed by atoms with Gasteiger partial charge in [-0.15, -0.1) is 0 Å². The van der Waals surface area contributed by atoms with Crippen molar-refractivity contribution in [3.05, 3.63) is 40.1 Å². The van der Waals surface area contributed by atoms with E-state index in [-0.39, 0.29) is 0 Å². The van der Waals surface area contributed by atoms with E-state index in [0.29, 0.717) is 6.61 Å². The van der Waals surface area contributed by atoms with Crippen LogP contribution in [0, 0.1) is 0 Å². The highest BCUT2D eigenvalue weighted by Gasteiger charge is 2.04. The Kier molecular flexibility index (Phi) is 9.06. The first kappa shape index (κ1) is 19.8. The van der Waals surface area contributed by atoms with Crippen molar-refractivity contribution in [1.82, 2.24) is 9.91 Å². The van der Waals surface area contributed by atoms with Gasteiger partial charge < -0.3 is 20.4 Å². The Hall–Kier alpha value is -1.24. The molecule has 4 N–H and O–H groups in total. The van der Waals surface area contributed by atoms with Crippen LogP contribution in [0.1, 0.15) is 25.3 Å². The largest absolute Gasteiger partial charge is 0.492 e. The first-order valence-electron chi connectivity index (χ1n) is 7.95. The molecule has 0 aliphatic carbocycles. The van der Waals surface area contributed by atoms with E-state index >= 15 is 0 Å². The molecule has 5 nitrogen and oxygen atoms in total. The highest BCUT2D eigenvalue weighted by Crippen LogP contribution is 2.26. The third kappa shape index (κ3) is 8.25. The van der Waals surface area contributed by atoms with Gasteiger partial charge in [-0.05, 0) is 67.0 Å². The van der Waals surface area contributed by atoms with Crippen LogP contribution in [0.15, 0.2) is 34.6 Å². The number of hydrogen-bond donors (Lipinski definition) is 2. The van der Waals surface area contributed by atoms with Gasteiger partial charge >= 0.3 is 0 Å². The van der Waals surface area contributed by atoms with Gasteiger partial charge in [-0.2, -0.15) is 0 Å². The molecule has 0 amide bonds. The molecule has 1 aromatic rings. The number of nitrogens with zero attached hydrogens (tertiary/aromatic N) is 2. The minimum atomic E-state index is 0.716. The second kappa shape index (κ2) is 10.5. The van der Waals surface area contributed by atoms with Crippen molar-refractivity contribution in [2.75, 3.05) is 33.8 Å². The molecule has 130 valence electrons. The van der Waals surface area contributed by atoms with Crippen LogP contribution in [0.5, 0.6) is 5.75 Å². The molecule has 0 unspecified atom stereocenters. The molecule has 0 saturated heterocycles. The quantitative estimate of drug-likeness (QED) is 0.368. The average molecular weight is 385 g/mol. The Labute approximate surface area is 148 Å². The zero-order valence-corrected chi connectivity index (χ0v) is 16.0. The maximum absolute atomic E-state index is 5.91. The Morgan fingerprint density at radius 2 is 2.04 bits per heavy atom. The molecule has 1 aromatic carbocycles. The molecule has 0 atom stereocenters. The lowest BCUT2D eigenvalue weighted by atomic mass is 10.1. The smallest absolute Gasteiger partial charge is 0.133 e. The van der Waals surface area contributed by atoms with Gasteiger partial charge in [-0.25, -0.2) is 5.84 Å². The van der Waals surface area contributed by atoms with Crippen LogP contribution in [0.25, 0.3) is 0 Å². The first-order chi connectivity index (χ1) is 10.9. The van der Waals surface area contributed by atoms with Crippen LogP contribution < -0.4 is 16.3 Å². The fraction of sp³-hybridized carbons (Fsp3) is 0.529. The molecule has 0 fully saturated rings. The number of nitrogens with two attached hydrogens (primary N) is 2. The Bertz CT molecular complexity index is 505. The topological polar surface area (TPSA) is 67.8 Å². The zero-order valence-electron chi connectivity index (χ0n) is 14.4. The zero-order chi connectivity index (χ0) is 17.2. The fourth-order valence-corrected chi connectivity index (χ4v) is 2.55. The van der Waals surface area contributed by atoms with Crippen molar-refractivity contribution in [1.29, 1.82) is 0 Å². The van der Waals surface area contributed by atoms with Gasteiger partial charge in [0.15, 0.2) is 0 Å². The van der Waals surface area contributed by atoms with Gasteiger partial charge in [0.1, 0.15) is 5.75 Å². The van der Waals surface area contributed by atoms with E-state index < -0.39 is 0 Å². The van der Waals surface area contributed by atoms with Crippen LogP contribution >= 0.6 is 15.9 Å². The molecule has 0 aliphatic heterocycles. The minimum Gasteiger partial charge on any atom is -0.492 e. The molecule has 0 radical (unpaired) electrons. The van der Waals surface area contributed by atoms with Crippen LogP contribution in [0.4, 0.5) is 0 Å². The fourth-order valence-electron chi connectivity index (χ4n) is 2.01. The van der Waals surface area contributed by atoms with Crippen molar-refractivity contribution in [2.24, 2.45) is 11.6 Å². The maximum atomic E-state index is 5.91. The molecule has 0 aromatic heterocycles. The summed E-state index contributed by atoms with van der Waals surface area (Å²) in [6, 6.07) is 6.17. The SMILES string of the molecule is CC/C(N)=C/N(N)CCc1ccc(OCCCN(C)C)c(Br)c1. The van der Waals surface area contributed by atoms with E-state index in [4.69, 9.17) is 16.3 Å². The van der Waals surface area contributed by atoms with Gasteiger partial charge in [-0.1, -0.05) is 13.0 Å². The average Bonchev–Trinajstić information content (AvgIpc) is 2.50. The molecule has 0 aliphatic rings. The molecular weight excluding hydrogens is 356 g/mol. The Morgan fingerprint density at radius 3 is 2.65 bits per heavy atom. The van der Waals surface area contributed by atoms with E-state index in [0.717, 1.165) is 48.3 Å². The number of hydrogen-bond acceptors (Lipinski definition) is 5. The van der Waals surface area contributed by atoms with Gasteiger partial charge in [0.05, 0.1) is 11.1 Å². The number of allylic oxidation sites excluding steroid dienone is 1. The highest BCUT2D eigenvalue weighted by molar-refractivity contribution is 9.10. The van der Waals surface area contributed by atoms with Crippen molar-refractivity contribution in [3.63, 3.8) is 0 Å². The first-order valence-corrected chi connectivity index (χ1v) is 8.75. The summed E-state index contributed by atoms with van der Waals surface area (Å²) in [4.78, 5) is 2.15. The van der Waals surface area contributed by atoms with E-state index in [1.54, 1.807) is 11.2 Å².